The fourth-order valence-corrected chi connectivity index (χ4v) is 3.49. The van der Waals surface area contributed by atoms with Crippen LogP contribution < -0.4 is 0 Å². The lowest BCUT2D eigenvalue weighted by Crippen LogP contribution is -2.47. The largest absolute Gasteiger partial charge is 0.456 e. The second-order valence-electron chi connectivity index (χ2n) is 5.77. The van der Waals surface area contributed by atoms with Crippen LogP contribution in [0.15, 0.2) is 12.2 Å². The zero-order valence-corrected chi connectivity index (χ0v) is 11.6. The van der Waals surface area contributed by atoms with Crippen molar-refractivity contribution in [1.82, 2.24) is 0 Å². The van der Waals surface area contributed by atoms with Gasteiger partial charge in [0.2, 0.25) is 0 Å². The predicted octanol–water partition coefficient (Wildman–Crippen LogP) is 1.87. The number of nitriles is 1. The number of carbonyl (C=O) groups is 1. The molecular formula is C15H19NO4. The topological polar surface area (TPSA) is 68.5 Å². The minimum Gasteiger partial charge on any atom is -0.456 e. The summed E-state index contributed by atoms with van der Waals surface area (Å²) in [4.78, 5) is 11.1. The Bertz CT molecular complexity index is 469. The van der Waals surface area contributed by atoms with Crippen LogP contribution in [0.2, 0.25) is 0 Å². The Morgan fingerprint density at radius 3 is 3.15 bits per heavy atom. The van der Waals surface area contributed by atoms with Gasteiger partial charge in [-0.05, 0) is 25.3 Å². The summed E-state index contributed by atoms with van der Waals surface area (Å²) in [5.74, 6) is -0.290. The first-order valence-corrected chi connectivity index (χ1v) is 7.20. The molecule has 108 valence electrons. The molecule has 0 aromatic heterocycles. The zero-order chi connectivity index (χ0) is 14.2. The van der Waals surface area contributed by atoms with Crippen molar-refractivity contribution in [3.05, 3.63) is 12.2 Å². The Labute approximate surface area is 118 Å². The second-order valence-corrected chi connectivity index (χ2v) is 5.77. The minimum absolute atomic E-state index is 0.0441. The maximum atomic E-state index is 11.1. The number of rotatable bonds is 3. The Kier molecular flexibility index (Phi) is 3.53. The van der Waals surface area contributed by atoms with E-state index in [1.54, 1.807) is 0 Å². The van der Waals surface area contributed by atoms with E-state index in [0.717, 1.165) is 25.7 Å². The van der Waals surface area contributed by atoms with Crippen molar-refractivity contribution in [1.29, 1.82) is 5.26 Å². The van der Waals surface area contributed by atoms with Crippen LogP contribution in [0.5, 0.6) is 0 Å². The molecular weight excluding hydrogens is 258 g/mol. The van der Waals surface area contributed by atoms with Crippen LogP contribution in [0, 0.1) is 11.3 Å². The van der Waals surface area contributed by atoms with Gasteiger partial charge in [0, 0.05) is 19.8 Å². The Hall–Kier alpha value is -1.38. The fraction of sp³-hybridized carbons (Fsp3) is 0.733. The fourth-order valence-electron chi connectivity index (χ4n) is 3.49. The van der Waals surface area contributed by atoms with Crippen molar-refractivity contribution in [3.63, 3.8) is 0 Å². The molecule has 3 rings (SSSR count). The highest BCUT2D eigenvalue weighted by Gasteiger charge is 2.55. The molecule has 4 unspecified atom stereocenters. The summed E-state index contributed by atoms with van der Waals surface area (Å²) in [6, 6.07) is 2.17. The Morgan fingerprint density at radius 2 is 2.40 bits per heavy atom. The number of esters is 1. The average molecular weight is 277 g/mol. The molecule has 1 aliphatic carbocycles. The van der Waals surface area contributed by atoms with Gasteiger partial charge in [-0.15, -0.1) is 0 Å². The van der Waals surface area contributed by atoms with E-state index in [1.165, 1.54) is 6.92 Å². The highest BCUT2D eigenvalue weighted by atomic mass is 16.6. The van der Waals surface area contributed by atoms with Crippen molar-refractivity contribution in [2.75, 3.05) is 0 Å². The summed E-state index contributed by atoms with van der Waals surface area (Å²) < 4.78 is 17.5. The van der Waals surface area contributed by atoms with Crippen molar-refractivity contribution in [2.45, 2.75) is 69.0 Å². The molecule has 2 fully saturated rings. The monoisotopic (exact) mass is 277 g/mol. The third kappa shape index (κ3) is 2.34. The third-order valence-corrected chi connectivity index (χ3v) is 4.36. The standard InChI is InChI=1S/C15H19NO4/c1-10(17)18-12-6-7-15-9-13(12)19-14(15)5-4-11(20-15)3-2-8-16/h6-7,11-14H,2-5,9H2,1H3/t11?,12?,13?,14-,15?/m0/s1. The van der Waals surface area contributed by atoms with Crippen LogP contribution in [0.25, 0.3) is 0 Å². The van der Waals surface area contributed by atoms with Gasteiger partial charge in [0.1, 0.15) is 17.8 Å². The molecule has 2 bridgehead atoms. The van der Waals surface area contributed by atoms with Crippen molar-refractivity contribution in [2.24, 2.45) is 0 Å². The zero-order valence-electron chi connectivity index (χ0n) is 11.6. The molecule has 2 aliphatic heterocycles. The third-order valence-electron chi connectivity index (χ3n) is 4.36. The van der Waals surface area contributed by atoms with E-state index in [1.807, 2.05) is 12.2 Å². The molecule has 20 heavy (non-hydrogen) atoms. The lowest BCUT2D eigenvalue weighted by Gasteiger charge is -2.40. The highest BCUT2D eigenvalue weighted by molar-refractivity contribution is 5.66. The number of fused-ring (bicyclic) bond motifs is 1. The number of hydrogen-bond acceptors (Lipinski definition) is 5. The van der Waals surface area contributed by atoms with Gasteiger partial charge in [-0.25, -0.2) is 0 Å². The molecule has 1 spiro atoms. The van der Waals surface area contributed by atoms with Crippen molar-refractivity contribution < 1.29 is 19.0 Å². The van der Waals surface area contributed by atoms with Crippen LogP contribution in [0.4, 0.5) is 0 Å². The van der Waals surface area contributed by atoms with Crippen LogP contribution in [0.3, 0.4) is 0 Å². The van der Waals surface area contributed by atoms with Gasteiger partial charge in [0.15, 0.2) is 0 Å². The summed E-state index contributed by atoms with van der Waals surface area (Å²) in [6.07, 6.45) is 7.55. The lowest BCUT2D eigenvalue weighted by molar-refractivity contribution is -0.152. The van der Waals surface area contributed by atoms with Crippen LogP contribution in [-0.2, 0) is 19.0 Å². The van der Waals surface area contributed by atoms with Gasteiger partial charge in [-0.2, -0.15) is 5.26 Å². The summed E-state index contributed by atoms with van der Waals surface area (Å²) in [6.45, 7) is 1.41. The van der Waals surface area contributed by atoms with Crippen LogP contribution >= 0.6 is 0 Å². The molecule has 0 radical (unpaired) electrons. The van der Waals surface area contributed by atoms with Gasteiger partial charge in [-0.3, -0.25) is 4.79 Å². The summed E-state index contributed by atoms with van der Waals surface area (Å²) in [7, 11) is 0. The second kappa shape index (κ2) is 5.19. The average Bonchev–Trinajstić information content (AvgIpc) is 2.72. The number of nitrogens with zero attached hydrogens (tertiary/aromatic N) is 1. The van der Waals surface area contributed by atoms with Crippen LogP contribution in [-0.4, -0.2) is 36.0 Å². The van der Waals surface area contributed by atoms with Gasteiger partial charge in [-0.1, -0.05) is 6.08 Å². The molecule has 5 nitrogen and oxygen atoms in total. The molecule has 0 aromatic carbocycles. The molecule has 0 aromatic rings. The van der Waals surface area contributed by atoms with Crippen molar-refractivity contribution in [3.8, 4) is 6.07 Å². The van der Waals surface area contributed by atoms with E-state index < -0.39 is 0 Å². The van der Waals surface area contributed by atoms with E-state index in [-0.39, 0.29) is 36.0 Å². The maximum absolute atomic E-state index is 11.1. The molecule has 3 aliphatic rings. The molecule has 0 amide bonds. The van der Waals surface area contributed by atoms with Gasteiger partial charge >= 0.3 is 5.97 Å². The van der Waals surface area contributed by atoms with Gasteiger partial charge < -0.3 is 14.2 Å². The van der Waals surface area contributed by atoms with Gasteiger partial charge in [0.25, 0.3) is 0 Å². The number of ether oxygens (including phenoxy) is 3. The quantitative estimate of drug-likeness (QED) is 0.582. The number of carbonyl (C=O) groups excluding carboxylic acids is 1. The molecule has 2 heterocycles. The molecule has 0 saturated carbocycles. The summed E-state index contributed by atoms with van der Waals surface area (Å²) >= 11 is 0. The minimum atomic E-state index is -0.375. The molecule has 2 saturated heterocycles. The molecule has 5 atom stereocenters. The van der Waals surface area contributed by atoms with E-state index in [4.69, 9.17) is 19.5 Å². The lowest BCUT2D eigenvalue weighted by atomic mass is 9.82. The molecule has 0 N–H and O–H groups in total. The first kappa shape index (κ1) is 13.6. The highest BCUT2D eigenvalue weighted by Crippen LogP contribution is 2.47. The summed E-state index contributed by atoms with van der Waals surface area (Å²) in [5.41, 5.74) is -0.375. The SMILES string of the molecule is CC(=O)OC1C=CC23CC1O[C@H]2CCC(CCC#N)O3. The maximum Gasteiger partial charge on any atom is 0.303 e. The summed E-state index contributed by atoms with van der Waals surface area (Å²) in [5, 5.41) is 8.68. The first-order valence-electron chi connectivity index (χ1n) is 7.20. The van der Waals surface area contributed by atoms with E-state index in [0.29, 0.717) is 6.42 Å². The van der Waals surface area contributed by atoms with E-state index in [2.05, 4.69) is 6.07 Å². The molecule has 5 heteroatoms. The van der Waals surface area contributed by atoms with E-state index >= 15 is 0 Å². The normalized spacial score (nSPS) is 41.8. The smallest absolute Gasteiger partial charge is 0.303 e. The first-order chi connectivity index (χ1) is 9.63. The Morgan fingerprint density at radius 1 is 1.55 bits per heavy atom. The van der Waals surface area contributed by atoms with E-state index in [9.17, 15) is 4.79 Å². The van der Waals surface area contributed by atoms with Crippen molar-refractivity contribution >= 4 is 5.97 Å². The predicted molar refractivity (Wildman–Crippen MR) is 69.7 cm³/mol. The Balaban J connectivity index is 1.71. The van der Waals surface area contributed by atoms with Crippen LogP contribution in [0.1, 0.15) is 39.0 Å². The van der Waals surface area contributed by atoms with Gasteiger partial charge in [0.05, 0.1) is 18.3 Å². The number of hydrogen-bond donors (Lipinski definition) is 0.